The summed E-state index contributed by atoms with van der Waals surface area (Å²) in [6.45, 7) is 9.46. The lowest BCUT2D eigenvalue weighted by Gasteiger charge is -2.36. The van der Waals surface area contributed by atoms with Crippen molar-refractivity contribution >= 4 is 5.97 Å². The van der Waals surface area contributed by atoms with E-state index in [4.69, 9.17) is 4.74 Å². The molecule has 16 heavy (non-hydrogen) atoms. The third-order valence-corrected chi connectivity index (χ3v) is 4.34. The van der Waals surface area contributed by atoms with Gasteiger partial charge in [0.15, 0.2) is 0 Å². The lowest BCUT2D eigenvalue weighted by molar-refractivity contribution is -0.158. The van der Waals surface area contributed by atoms with E-state index < -0.39 is 0 Å². The Balaban J connectivity index is 2.02. The molecule has 2 rings (SSSR count). The second-order valence-electron chi connectivity index (χ2n) is 6.05. The van der Waals surface area contributed by atoms with Crippen molar-refractivity contribution in [3.8, 4) is 0 Å². The second-order valence-corrected chi connectivity index (χ2v) is 6.05. The molecule has 0 heterocycles. The minimum Gasteiger partial charge on any atom is -0.456 e. The van der Waals surface area contributed by atoms with E-state index in [0.29, 0.717) is 11.5 Å². The Hall–Kier alpha value is -0.790. The predicted octanol–water partition coefficient (Wildman–Crippen LogP) is 3.32. The number of rotatable bonds is 3. The molecule has 0 aromatic rings. The van der Waals surface area contributed by atoms with Crippen LogP contribution in [0.5, 0.6) is 0 Å². The fourth-order valence-corrected chi connectivity index (χ4v) is 3.50. The van der Waals surface area contributed by atoms with E-state index in [-0.39, 0.29) is 11.6 Å². The van der Waals surface area contributed by atoms with Gasteiger partial charge < -0.3 is 4.74 Å². The number of ether oxygens (including phenoxy) is 1. The molecule has 2 aliphatic carbocycles. The molecule has 0 aliphatic heterocycles. The fourth-order valence-electron chi connectivity index (χ4n) is 3.50. The maximum Gasteiger partial charge on any atom is 0.333 e. The molecule has 0 amide bonds. The Morgan fingerprint density at radius 3 is 2.44 bits per heavy atom. The van der Waals surface area contributed by atoms with E-state index in [2.05, 4.69) is 20.4 Å². The Bertz CT molecular complexity index is 317. The van der Waals surface area contributed by atoms with Crippen molar-refractivity contribution < 1.29 is 9.53 Å². The van der Waals surface area contributed by atoms with Crippen LogP contribution >= 0.6 is 0 Å². The number of hydrogen-bond acceptors (Lipinski definition) is 2. The van der Waals surface area contributed by atoms with Crippen molar-refractivity contribution in [3.63, 3.8) is 0 Å². The van der Waals surface area contributed by atoms with Crippen LogP contribution in [0.15, 0.2) is 12.2 Å². The summed E-state index contributed by atoms with van der Waals surface area (Å²) in [7, 11) is 0. The first-order valence-corrected chi connectivity index (χ1v) is 6.29. The van der Waals surface area contributed by atoms with Crippen LogP contribution in [0.4, 0.5) is 0 Å². The fraction of sp³-hybridized carbons (Fsp3) is 0.786. The topological polar surface area (TPSA) is 26.3 Å². The zero-order valence-electron chi connectivity index (χ0n) is 10.6. The van der Waals surface area contributed by atoms with Gasteiger partial charge in [-0.05, 0) is 51.9 Å². The lowest BCUT2D eigenvalue weighted by atomic mass is 9.78. The predicted molar refractivity (Wildman–Crippen MR) is 63.9 cm³/mol. The Morgan fingerprint density at radius 2 is 2.00 bits per heavy atom. The van der Waals surface area contributed by atoms with Crippen LogP contribution in [0.1, 0.15) is 46.5 Å². The average molecular weight is 222 g/mol. The molecular formula is C14H22O2. The summed E-state index contributed by atoms with van der Waals surface area (Å²) in [6.07, 6.45) is 5.29. The van der Waals surface area contributed by atoms with Crippen LogP contribution in [0.2, 0.25) is 0 Å². The first kappa shape index (κ1) is 11.7. The van der Waals surface area contributed by atoms with E-state index >= 15 is 0 Å². The van der Waals surface area contributed by atoms with Gasteiger partial charge in [-0.2, -0.15) is 0 Å². The van der Waals surface area contributed by atoms with Gasteiger partial charge >= 0.3 is 5.97 Å². The first-order valence-electron chi connectivity index (χ1n) is 6.29. The van der Waals surface area contributed by atoms with Gasteiger partial charge in [0.25, 0.3) is 0 Å². The molecule has 0 aromatic carbocycles. The number of carbonyl (C=O) groups is 1. The van der Waals surface area contributed by atoms with Gasteiger partial charge in [0.05, 0.1) is 0 Å². The van der Waals surface area contributed by atoms with Gasteiger partial charge in [0.2, 0.25) is 0 Å². The smallest absolute Gasteiger partial charge is 0.333 e. The van der Waals surface area contributed by atoms with E-state index in [9.17, 15) is 4.79 Å². The first-order chi connectivity index (χ1) is 7.40. The molecule has 2 bridgehead atoms. The van der Waals surface area contributed by atoms with Crippen LogP contribution in [0.3, 0.4) is 0 Å². The van der Waals surface area contributed by atoms with Crippen LogP contribution in [-0.2, 0) is 9.53 Å². The summed E-state index contributed by atoms with van der Waals surface area (Å²) in [4.78, 5) is 11.6. The van der Waals surface area contributed by atoms with Crippen molar-refractivity contribution in [2.45, 2.75) is 52.1 Å². The van der Waals surface area contributed by atoms with E-state index in [1.54, 1.807) is 6.92 Å². The van der Waals surface area contributed by atoms with E-state index in [0.717, 1.165) is 11.8 Å². The van der Waals surface area contributed by atoms with Gasteiger partial charge in [-0.1, -0.05) is 13.0 Å². The van der Waals surface area contributed by atoms with Crippen LogP contribution in [-0.4, -0.2) is 11.6 Å². The quantitative estimate of drug-likeness (QED) is 0.541. The van der Waals surface area contributed by atoms with Crippen LogP contribution in [0.25, 0.3) is 0 Å². The Kier molecular flexibility index (Phi) is 2.85. The Labute approximate surface area is 98.1 Å². The van der Waals surface area contributed by atoms with Gasteiger partial charge in [0, 0.05) is 11.5 Å². The van der Waals surface area contributed by atoms with Gasteiger partial charge in [-0.3, -0.25) is 0 Å². The van der Waals surface area contributed by atoms with E-state index in [1.165, 1.54) is 25.7 Å². The van der Waals surface area contributed by atoms with E-state index in [1.807, 2.05) is 0 Å². The minimum atomic E-state index is -0.324. The highest BCUT2D eigenvalue weighted by Crippen LogP contribution is 2.52. The highest BCUT2D eigenvalue weighted by molar-refractivity contribution is 5.87. The Morgan fingerprint density at radius 1 is 1.31 bits per heavy atom. The summed E-state index contributed by atoms with van der Waals surface area (Å²) in [5.41, 5.74) is 0.173. The van der Waals surface area contributed by atoms with Crippen LogP contribution < -0.4 is 0 Å². The number of fused-ring (bicyclic) bond motifs is 2. The molecule has 2 unspecified atom stereocenters. The molecule has 90 valence electrons. The van der Waals surface area contributed by atoms with Crippen molar-refractivity contribution in [2.75, 3.05) is 0 Å². The molecule has 2 aliphatic rings. The standard InChI is InChI=1S/C14H22O2/c1-9(2)13(15)16-14(3,4)12-8-10-5-6-11(12)7-10/h10-12H,1,5-8H2,2-4H3/t10?,11?,12-/m1/s1. The largest absolute Gasteiger partial charge is 0.456 e. The average Bonchev–Trinajstić information content (AvgIpc) is 2.77. The highest BCUT2D eigenvalue weighted by Gasteiger charge is 2.48. The normalized spacial score (nSPS) is 32.8. The molecular weight excluding hydrogens is 200 g/mol. The number of carbonyl (C=O) groups excluding carboxylic acids is 1. The molecule has 2 heteroatoms. The molecule has 0 N–H and O–H groups in total. The lowest BCUT2D eigenvalue weighted by Crippen LogP contribution is -2.39. The third kappa shape index (κ3) is 2.02. The van der Waals surface area contributed by atoms with Crippen LogP contribution in [0, 0.1) is 17.8 Å². The second kappa shape index (κ2) is 3.90. The number of hydrogen-bond donors (Lipinski definition) is 0. The molecule has 2 fully saturated rings. The molecule has 2 nitrogen and oxygen atoms in total. The SMILES string of the molecule is C=C(C)C(=O)OC(C)(C)[C@@H]1CC2CCC1C2. The van der Waals surface area contributed by atoms with Gasteiger partial charge in [-0.25, -0.2) is 4.79 Å². The monoisotopic (exact) mass is 222 g/mol. The minimum absolute atomic E-state index is 0.243. The van der Waals surface area contributed by atoms with Gasteiger partial charge in [-0.15, -0.1) is 0 Å². The zero-order valence-corrected chi connectivity index (χ0v) is 10.6. The van der Waals surface area contributed by atoms with Crippen molar-refractivity contribution in [1.29, 1.82) is 0 Å². The zero-order chi connectivity index (χ0) is 11.9. The van der Waals surface area contributed by atoms with Crippen molar-refractivity contribution in [1.82, 2.24) is 0 Å². The maximum absolute atomic E-state index is 11.6. The molecule has 3 atom stereocenters. The molecule has 0 spiro atoms. The summed E-state index contributed by atoms with van der Waals surface area (Å²) >= 11 is 0. The summed E-state index contributed by atoms with van der Waals surface area (Å²) < 4.78 is 5.60. The molecule has 0 aromatic heterocycles. The van der Waals surface area contributed by atoms with Gasteiger partial charge in [0.1, 0.15) is 5.60 Å². The molecule has 2 saturated carbocycles. The summed E-state index contributed by atoms with van der Waals surface area (Å²) in [6, 6.07) is 0. The number of esters is 1. The van der Waals surface area contributed by atoms with Crippen molar-refractivity contribution in [2.24, 2.45) is 17.8 Å². The molecule has 0 radical (unpaired) electrons. The van der Waals surface area contributed by atoms with Crippen molar-refractivity contribution in [3.05, 3.63) is 12.2 Å². The molecule has 0 saturated heterocycles. The summed E-state index contributed by atoms with van der Waals surface area (Å²) in [5, 5.41) is 0. The highest BCUT2D eigenvalue weighted by atomic mass is 16.6. The summed E-state index contributed by atoms with van der Waals surface area (Å²) in [5.74, 6) is 1.97. The third-order valence-electron chi connectivity index (χ3n) is 4.34. The maximum atomic E-state index is 11.6.